The van der Waals surface area contributed by atoms with Crippen LogP contribution < -0.4 is 5.32 Å². The van der Waals surface area contributed by atoms with Crippen molar-refractivity contribution in [3.63, 3.8) is 0 Å². The molecule has 0 fully saturated rings. The van der Waals surface area contributed by atoms with Gasteiger partial charge in [-0.2, -0.15) is 0 Å². The van der Waals surface area contributed by atoms with Crippen LogP contribution in [0.4, 0.5) is 5.69 Å². The third kappa shape index (κ3) is 3.26. The van der Waals surface area contributed by atoms with Crippen LogP contribution in [0.1, 0.15) is 16.7 Å². The van der Waals surface area contributed by atoms with Gasteiger partial charge in [-0.15, -0.1) is 0 Å². The molecule has 1 nitrogen and oxygen atoms in total. The third-order valence-corrected chi connectivity index (χ3v) is 4.36. The molecule has 0 aliphatic carbocycles. The Balaban J connectivity index is 2.16. The largest absolute Gasteiger partial charge is 0.380 e. The Hall–Kier alpha value is -0.550. The molecule has 0 unspecified atom stereocenters. The van der Waals surface area contributed by atoms with Crippen molar-refractivity contribution in [2.45, 2.75) is 20.4 Å². The highest BCUT2D eigenvalue weighted by Gasteiger charge is 2.04. The first kappa shape index (κ1) is 13.9. The Morgan fingerprint density at radius 1 is 1.11 bits per heavy atom. The highest BCUT2D eigenvalue weighted by Crippen LogP contribution is 2.25. The number of aryl methyl sites for hydroxylation is 2. The first-order chi connectivity index (χ1) is 8.58. The minimum absolute atomic E-state index is 0.859. The van der Waals surface area contributed by atoms with Crippen molar-refractivity contribution in [2.24, 2.45) is 0 Å². The van der Waals surface area contributed by atoms with E-state index in [1.54, 1.807) is 0 Å². The van der Waals surface area contributed by atoms with E-state index in [2.05, 4.69) is 94.1 Å². The van der Waals surface area contributed by atoms with Gasteiger partial charge < -0.3 is 5.32 Å². The van der Waals surface area contributed by atoms with Gasteiger partial charge in [-0.05, 0) is 87.3 Å². The van der Waals surface area contributed by atoms with E-state index in [-0.39, 0.29) is 0 Å². The van der Waals surface area contributed by atoms with E-state index in [9.17, 15) is 0 Å². The summed E-state index contributed by atoms with van der Waals surface area (Å²) in [6, 6.07) is 12.8. The van der Waals surface area contributed by atoms with Crippen molar-refractivity contribution in [1.29, 1.82) is 0 Å². The van der Waals surface area contributed by atoms with Crippen LogP contribution in [-0.4, -0.2) is 0 Å². The topological polar surface area (TPSA) is 12.0 Å². The van der Waals surface area contributed by atoms with Gasteiger partial charge in [-0.25, -0.2) is 0 Å². The zero-order valence-corrected chi connectivity index (χ0v) is 14.2. The van der Waals surface area contributed by atoms with E-state index in [1.165, 1.54) is 20.3 Å². The molecule has 2 aromatic carbocycles. The summed E-state index contributed by atoms with van der Waals surface area (Å²) < 4.78 is 2.35. The van der Waals surface area contributed by atoms with E-state index < -0.39 is 0 Å². The summed E-state index contributed by atoms with van der Waals surface area (Å²) in [7, 11) is 0. The molecule has 0 saturated heterocycles. The number of benzene rings is 2. The zero-order valence-electron chi connectivity index (χ0n) is 10.4. The highest BCUT2D eigenvalue weighted by molar-refractivity contribution is 14.1. The molecule has 3 heteroatoms. The van der Waals surface area contributed by atoms with Crippen molar-refractivity contribution in [3.05, 3.63) is 61.1 Å². The smallest absolute Gasteiger partial charge is 0.0488 e. The van der Waals surface area contributed by atoms with Crippen molar-refractivity contribution in [3.8, 4) is 0 Å². The molecule has 0 amide bonds. The Bertz CT molecular complexity index is 546. The van der Waals surface area contributed by atoms with E-state index in [0.29, 0.717) is 0 Å². The Morgan fingerprint density at radius 3 is 2.39 bits per heavy atom. The van der Waals surface area contributed by atoms with Crippen molar-refractivity contribution >= 4 is 44.2 Å². The van der Waals surface area contributed by atoms with Gasteiger partial charge in [0.2, 0.25) is 0 Å². The minimum Gasteiger partial charge on any atom is -0.380 e. The standard InChI is InChI=1S/C15H15BrIN/c1-10-4-3-5-11(2)13(10)9-18-15-7-6-12(17)8-14(15)16/h3-8,18H,9H2,1-2H3. The molecule has 0 bridgehead atoms. The van der Waals surface area contributed by atoms with Crippen LogP contribution in [0.2, 0.25) is 0 Å². The lowest BCUT2D eigenvalue weighted by Crippen LogP contribution is -2.04. The van der Waals surface area contributed by atoms with Crippen LogP contribution >= 0.6 is 38.5 Å². The average Bonchev–Trinajstić information content (AvgIpc) is 2.31. The van der Waals surface area contributed by atoms with Crippen LogP contribution in [0, 0.1) is 17.4 Å². The Kier molecular flexibility index (Phi) is 4.67. The van der Waals surface area contributed by atoms with E-state index in [4.69, 9.17) is 0 Å². The third-order valence-electron chi connectivity index (χ3n) is 3.03. The van der Waals surface area contributed by atoms with Crippen molar-refractivity contribution in [2.75, 3.05) is 5.32 Å². The summed E-state index contributed by atoms with van der Waals surface area (Å²) in [6.07, 6.45) is 0. The SMILES string of the molecule is Cc1cccc(C)c1CNc1ccc(I)cc1Br. The Labute approximate surface area is 130 Å². The number of rotatable bonds is 3. The predicted molar refractivity (Wildman–Crippen MR) is 90.1 cm³/mol. The fraction of sp³-hybridized carbons (Fsp3) is 0.200. The molecule has 94 valence electrons. The molecular formula is C15H15BrIN. The van der Waals surface area contributed by atoms with Gasteiger partial charge in [0.05, 0.1) is 0 Å². The number of hydrogen-bond acceptors (Lipinski definition) is 1. The highest BCUT2D eigenvalue weighted by atomic mass is 127. The number of halogens is 2. The normalized spacial score (nSPS) is 10.4. The molecule has 0 saturated carbocycles. The maximum Gasteiger partial charge on any atom is 0.0488 e. The molecule has 1 N–H and O–H groups in total. The van der Waals surface area contributed by atoms with Gasteiger partial charge in [0.1, 0.15) is 0 Å². The molecule has 0 radical (unpaired) electrons. The van der Waals surface area contributed by atoms with Crippen LogP contribution in [-0.2, 0) is 6.54 Å². The molecule has 0 aromatic heterocycles. The number of nitrogens with one attached hydrogen (secondary N) is 1. The van der Waals surface area contributed by atoms with Crippen molar-refractivity contribution < 1.29 is 0 Å². The van der Waals surface area contributed by atoms with Gasteiger partial charge in [0.15, 0.2) is 0 Å². The fourth-order valence-corrected chi connectivity index (χ4v) is 3.38. The summed E-state index contributed by atoms with van der Waals surface area (Å²) in [4.78, 5) is 0. The maximum atomic E-state index is 3.59. The van der Waals surface area contributed by atoms with Crippen LogP contribution in [0.5, 0.6) is 0 Å². The van der Waals surface area contributed by atoms with Crippen LogP contribution in [0.3, 0.4) is 0 Å². The molecular weight excluding hydrogens is 401 g/mol. The molecule has 0 spiro atoms. The lowest BCUT2D eigenvalue weighted by Gasteiger charge is -2.13. The monoisotopic (exact) mass is 415 g/mol. The van der Waals surface area contributed by atoms with Gasteiger partial charge in [0.25, 0.3) is 0 Å². The molecule has 0 atom stereocenters. The molecule has 0 aliphatic heterocycles. The van der Waals surface area contributed by atoms with Crippen LogP contribution in [0.25, 0.3) is 0 Å². The first-order valence-electron chi connectivity index (χ1n) is 5.82. The molecule has 18 heavy (non-hydrogen) atoms. The molecule has 0 heterocycles. The number of hydrogen-bond donors (Lipinski definition) is 1. The summed E-state index contributed by atoms with van der Waals surface area (Å²) in [5.74, 6) is 0. The average molecular weight is 416 g/mol. The minimum atomic E-state index is 0.859. The second-order valence-corrected chi connectivity index (χ2v) is 6.45. The zero-order chi connectivity index (χ0) is 13.1. The van der Waals surface area contributed by atoms with E-state index >= 15 is 0 Å². The van der Waals surface area contributed by atoms with Gasteiger partial charge >= 0.3 is 0 Å². The molecule has 0 aliphatic rings. The van der Waals surface area contributed by atoms with Gasteiger partial charge in [-0.1, -0.05) is 18.2 Å². The second kappa shape index (κ2) is 6.06. The van der Waals surface area contributed by atoms with E-state index in [1.807, 2.05) is 0 Å². The Morgan fingerprint density at radius 2 is 1.78 bits per heavy atom. The molecule has 2 rings (SSSR count). The van der Waals surface area contributed by atoms with Crippen LogP contribution in [0.15, 0.2) is 40.9 Å². The summed E-state index contributed by atoms with van der Waals surface area (Å²) in [5, 5.41) is 3.49. The first-order valence-corrected chi connectivity index (χ1v) is 7.69. The van der Waals surface area contributed by atoms with Gasteiger partial charge in [-0.3, -0.25) is 0 Å². The summed E-state index contributed by atoms with van der Waals surface area (Å²) in [6.45, 7) is 5.18. The summed E-state index contributed by atoms with van der Waals surface area (Å²) in [5.41, 5.74) is 5.19. The lowest BCUT2D eigenvalue weighted by molar-refractivity contribution is 1.09. The van der Waals surface area contributed by atoms with Crippen molar-refractivity contribution in [1.82, 2.24) is 0 Å². The lowest BCUT2D eigenvalue weighted by atomic mass is 10.0. The van der Waals surface area contributed by atoms with Gasteiger partial charge in [0, 0.05) is 20.3 Å². The predicted octanol–water partition coefficient (Wildman–Crippen LogP) is 5.28. The maximum absolute atomic E-state index is 3.59. The number of anilines is 1. The summed E-state index contributed by atoms with van der Waals surface area (Å²) >= 11 is 5.91. The molecule has 2 aromatic rings. The second-order valence-electron chi connectivity index (χ2n) is 4.35. The quantitative estimate of drug-likeness (QED) is 0.672. The van der Waals surface area contributed by atoms with E-state index in [0.717, 1.165) is 16.7 Å². The fourth-order valence-electron chi connectivity index (χ4n) is 1.94.